The number of hydrogen-bond donors (Lipinski definition) is 0. The van der Waals surface area contributed by atoms with Crippen LogP contribution in [-0.4, -0.2) is 13.2 Å². The van der Waals surface area contributed by atoms with Gasteiger partial charge in [0, 0.05) is 17.5 Å². The van der Waals surface area contributed by atoms with Crippen LogP contribution in [0.1, 0.15) is 0 Å². The summed E-state index contributed by atoms with van der Waals surface area (Å²) in [6, 6.07) is 14.1. The van der Waals surface area contributed by atoms with E-state index in [4.69, 9.17) is 13.9 Å². The number of halogens is 1. The van der Waals surface area contributed by atoms with Crippen LogP contribution in [0.15, 0.2) is 63.8 Å². The standard InChI is InChI=1S/C17H13FO4/c18-13-3-6-14(7-4-13)20-9-10-21-15-5-1-12-2-8-17(19)22-16(12)11-15/h1-8,11H,9-10H2. The van der Waals surface area contributed by atoms with Gasteiger partial charge in [0.1, 0.15) is 36.1 Å². The fraction of sp³-hybridized carbons (Fsp3) is 0.118. The van der Waals surface area contributed by atoms with Crippen molar-refractivity contribution in [3.8, 4) is 11.5 Å². The fourth-order valence-corrected chi connectivity index (χ4v) is 1.98. The van der Waals surface area contributed by atoms with Crippen molar-refractivity contribution in [2.75, 3.05) is 13.2 Å². The third-order valence-electron chi connectivity index (χ3n) is 3.03. The molecule has 0 saturated heterocycles. The number of ether oxygens (including phenoxy) is 2. The summed E-state index contributed by atoms with van der Waals surface area (Å²) in [5.74, 6) is 0.861. The zero-order valence-electron chi connectivity index (χ0n) is 11.6. The van der Waals surface area contributed by atoms with Gasteiger partial charge < -0.3 is 13.9 Å². The van der Waals surface area contributed by atoms with E-state index in [1.54, 1.807) is 30.3 Å². The van der Waals surface area contributed by atoms with Gasteiger partial charge in [-0.05, 0) is 42.5 Å². The normalized spacial score (nSPS) is 10.6. The predicted octanol–water partition coefficient (Wildman–Crippen LogP) is 3.39. The molecule has 0 fully saturated rings. The Kier molecular flexibility index (Phi) is 4.05. The van der Waals surface area contributed by atoms with Crippen LogP contribution in [0.3, 0.4) is 0 Å². The molecule has 0 saturated carbocycles. The highest BCUT2D eigenvalue weighted by Gasteiger charge is 2.01. The zero-order valence-corrected chi connectivity index (χ0v) is 11.6. The first-order valence-corrected chi connectivity index (χ1v) is 6.76. The molecule has 0 bridgehead atoms. The van der Waals surface area contributed by atoms with Gasteiger partial charge in [0.25, 0.3) is 0 Å². The number of fused-ring (bicyclic) bond motifs is 1. The van der Waals surface area contributed by atoms with Crippen LogP contribution in [0.2, 0.25) is 0 Å². The Morgan fingerprint density at radius 2 is 1.50 bits per heavy atom. The predicted molar refractivity (Wildman–Crippen MR) is 79.9 cm³/mol. The first kappa shape index (κ1) is 14.1. The quantitative estimate of drug-likeness (QED) is 0.535. The van der Waals surface area contributed by atoms with Crippen LogP contribution in [-0.2, 0) is 0 Å². The third kappa shape index (κ3) is 3.44. The number of hydrogen-bond acceptors (Lipinski definition) is 4. The Hall–Kier alpha value is -2.82. The van der Waals surface area contributed by atoms with Gasteiger partial charge in [-0.3, -0.25) is 0 Å². The first-order chi connectivity index (χ1) is 10.7. The largest absolute Gasteiger partial charge is 0.490 e. The maximum absolute atomic E-state index is 12.7. The molecular formula is C17H13FO4. The van der Waals surface area contributed by atoms with Crippen molar-refractivity contribution in [2.24, 2.45) is 0 Å². The van der Waals surface area contributed by atoms with Gasteiger partial charge in [-0.2, -0.15) is 0 Å². The number of benzene rings is 2. The van der Waals surface area contributed by atoms with Gasteiger partial charge in [0.15, 0.2) is 0 Å². The Morgan fingerprint density at radius 3 is 2.27 bits per heavy atom. The van der Waals surface area contributed by atoms with Crippen molar-refractivity contribution in [3.05, 3.63) is 70.8 Å². The van der Waals surface area contributed by atoms with Crippen molar-refractivity contribution in [1.29, 1.82) is 0 Å². The van der Waals surface area contributed by atoms with E-state index >= 15 is 0 Å². The molecule has 3 aromatic rings. The Morgan fingerprint density at radius 1 is 0.864 bits per heavy atom. The molecule has 0 aliphatic rings. The Labute approximate surface area is 125 Å². The molecule has 0 N–H and O–H groups in total. The summed E-state index contributed by atoms with van der Waals surface area (Å²) in [5.41, 5.74) is 0.0775. The van der Waals surface area contributed by atoms with E-state index in [1.165, 1.54) is 18.2 Å². The molecule has 0 spiro atoms. The van der Waals surface area contributed by atoms with Crippen molar-refractivity contribution in [3.63, 3.8) is 0 Å². The molecule has 0 radical (unpaired) electrons. The van der Waals surface area contributed by atoms with E-state index in [1.807, 2.05) is 6.07 Å². The SMILES string of the molecule is O=c1ccc2ccc(OCCOc3ccc(F)cc3)cc2o1. The monoisotopic (exact) mass is 300 g/mol. The topological polar surface area (TPSA) is 48.7 Å². The Bertz CT molecular complexity index is 824. The maximum atomic E-state index is 12.7. The lowest BCUT2D eigenvalue weighted by atomic mass is 10.2. The molecule has 1 aromatic heterocycles. The second kappa shape index (κ2) is 6.30. The summed E-state index contributed by atoms with van der Waals surface area (Å²) < 4.78 is 28.8. The van der Waals surface area contributed by atoms with Crippen LogP contribution in [0, 0.1) is 5.82 Å². The highest BCUT2D eigenvalue weighted by molar-refractivity contribution is 5.77. The van der Waals surface area contributed by atoms with Crippen molar-refractivity contribution >= 4 is 11.0 Å². The molecule has 1 heterocycles. The van der Waals surface area contributed by atoms with Gasteiger partial charge in [-0.15, -0.1) is 0 Å². The molecule has 0 aliphatic carbocycles. The summed E-state index contributed by atoms with van der Waals surface area (Å²) in [4.78, 5) is 11.2. The molecule has 4 nitrogen and oxygen atoms in total. The van der Waals surface area contributed by atoms with Crippen LogP contribution in [0.4, 0.5) is 4.39 Å². The van der Waals surface area contributed by atoms with E-state index in [-0.39, 0.29) is 5.82 Å². The van der Waals surface area contributed by atoms with E-state index < -0.39 is 5.63 Å². The van der Waals surface area contributed by atoms with Crippen molar-refractivity contribution in [2.45, 2.75) is 0 Å². The van der Waals surface area contributed by atoms with Crippen LogP contribution in [0.25, 0.3) is 11.0 Å². The highest BCUT2D eigenvalue weighted by Crippen LogP contribution is 2.19. The van der Waals surface area contributed by atoms with E-state index in [0.717, 1.165) is 5.39 Å². The minimum Gasteiger partial charge on any atom is -0.490 e. The second-order valence-corrected chi connectivity index (χ2v) is 4.60. The summed E-state index contributed by atoms with van der Waals surface area (Å²) in [7, 11) is 0. The van der Waals surface area contributed by atoms with E-state index in [2.05, 4.69) is 0 Å². The summed E-state index contributed by atoms with van der Waals surface area (Å²) in [6.07, 6.45) is 0. The van der Waals surface area contributed by atoms with Crippen molar-refractivity contribution in [1.82, 2.24) is 0 Å². The van der Waals surface area contributed by atoms with Gasteiger partial charge in [-0.1, -0.05) is 0 Å². The molecule has 22 heavy (non-hydrogen) atoms. The maximum Gasteiger partial charge on any atom is 0.336 e. The minimum absolute atomic E-state index is 0.304. The molecule has 0 aliphatic heterocycles. The smallest absolute Gasteiger partial charge is 0.336 e. The molecule has 2 aromatic carbocycles. The Balaban J connectivity index is 1.57. The molecule has 3 rings (SSSR count). The zero-order chi connectivity index (χ0) is 15.4. The first-order valence-electron chi connectivity index (χ1n) is 6.76. The molecule has 0 atom stereocenters. The fourth-order valence-electron chi connectivity index (χ4n) is 1.98. The molecule has 5 heteroatoms. The van der Waals surface area contributed by atoms with Crippen LogP contribution >= 0.6 is 0 Å². The summed E-state index contributed by atoms with van der Waals surface area (Å²) in [6.45, 7) is 0.641. The van der Waals surface area contributed by atoms with E-state index in [9.17, 15) is 9.18 Å². The van der Waals surface area contributed by atoms with E-state index in [0.29, 0.717) is 30.3 Å². The molecule has 112 valence electrons. The van der Waals surface area contributed by atoms with Crippen LogP contribution in [0.5, 0.6) is 11.5 Å². The summed E-state index contributed by atoms with van der Waals surface area (Å²) in [5, 5.41) is 0.828. The highest BCUT2D eigenvalue weighted by atomic mass is 19.1. The average molecular weight is 300 g/mol. The van der Waals surface area contributed by atoms with Crippen molar-refractivity contribution < 1.29 is 18.3 Å². The third-order valence-corrected chi connectivity index (χ3v) is 3.03. The second-order valence-electron chi connectivity index (χ2n) is 4.60. The average Bonchev–Trinajstić information content (AvgIpc) is 2.53. The van der Waals surface area contributed by atoms with Gasteiger partial charge >= 0.3 is 5.63 Å². The van der Waals surface area contributed by atoms with Gasteiger partial charge in [0.05, 0.1) is 0 Å². The van der Waals surface area contributed by atoms with Gasteiger partial charge in [-0.25, -0.2) is 9.18 Å². The number of rotatable bonds is 5. The lowest BCUT2D eigenvalue weighted by Gasteiger charge is -2.08. The summed E-state index contributed by atoms with van der Waals surface area (Å²) >= 11 is 0. The minimum atomic E-state index is -0.399. The molecule has 0 amide bonds. The lowest BCUT2D eigenvalue weighted by molar-refractivity contribution is 0.217. The van der Waals surface area contributed by atoms with Crippen LogP contribution < -0.4 is 15.1 Å². The lowest BCUT2D eigenvalue weighted by Crippen LogP contribution is -2.09. The van der Waals surface area contributed by atoms with Gasteiger partial charge in [0.2, 0.25) is 0 Å². The molecular weight excluding hydrogens is 287 g/mol. The molecule has 0 unspecified atom stereocenters.